The molecule has 2 aliphatic heterocycles. The van der Waals surface area contributed by atoms with Crippen LogP contribution in [0.15, 0.2) is 24.3 Å². The van der Waals surface area contributed by atoms with Gasteiger partial charge in [0, 0.05) is 24.5 Å². The van der Waals surface area contributed by atoms with E-state index in [2.05, 4.69) is 31.9 Å². The number of primary amides is 2. The summed E-state index contributed by atoms with van der Waals surface area (Å²) in [5.74, 6) is -10.6. The Morgan fingerprint density at radius 2 is 1.36 bits per heavy atom. The molecule has 2 saturated heterocycles. The topological polar surface area (TPSA) is 385 Å². The molecule has 0 unspecified atom stereocenters. The fraction of sp³-hybridized carbons (Fsp3) is 0.515. The summed E-state index contributed by atoms with van der Waals surface area (Å²) in [6, 6.07) is -2.84. The van der Waals surface area contributed by atoms with Gasteiger partial charge in [-0.1, -0.05) is 33.7 Å². The lowest BCUT2D eigenvalue weighted by atomic mass is 10.0. The number of aryl methyl sites for hydroxylation is 1. The molecule has 25 heteroatoms. The van der Waals surface area contributed by atoms with Gasteiger partial charge in [-0.05, 0) is 30.5 Å². The van der Waals surface area contributed by atoms with Gasteiger partial charge in [0.05, 0.1) is 38.1 Å². The van der Waals surface area contributed by atoms with Gasteiger partial charge in [-0.3, -0.25) is 47.9 Å². The number of rotatable bonds is 8. The van der Waals surface area contributed by atoms with Crippen molar-refractivity contribution in [2.75, 3.05) is 31.1 Å². The zero-order chi connectivity index (χ0) is 43.1. The molecule has 0 saturated carbocycles. The van der Waals surface area contributed by atoms with Gasteiger partial charge in [0.25, 0.3) is 0 Å². The van der Waals surface area contributed by atoms with Crippen molar-refractivity contribution >= 4 is 80.7 Å². The van der Waals surface area contributed by atoms with Crippen LogP contribution >= 0.6 is 21.6 Å². The van der Waals surface area contributed by atoms with Gasteiger partial charge < -0.3 is 69.3 Å². The van der Waals surface area contributed by atoms with Crippen LogP contribution in [0.4, 0.5) is 0 Å². The smallest absolute Gasteiger partial charge is 0.305 e. The van der Waals surface area contributed by atoms with Crippen molar-refractivity contribution in [1.29, 1.82) is 0 Å². The number of carboxylic acids is 1. The summed E-state index contributed by atoms with van der Waals surface area (Å²) in [4.78, 5) is 129. The number of hydrogen-bond acceptors (Lipinski definition) is 15. The molecule has 23 nitrogen and oxygen atoms in total. The highest BCUT2D eigenvalue weighted by Crippen LogP contribution is 2.23. The van der Waals surface area contributed by atoms with E-state index < -0.39 is 127 Å². The van der Waals surface area contributed by atoms with Crippen LogP contribution in [0.25, 0.3) is 0 Å². The van der Waals surface area contributed by atoms with E-state index in [1.807, 2.05) is 0 Å². The van der Waals surface area contributed by atoms with Gasteiger partial charge in [0.2, 0.25) is 53.2 Å². The third kappa shape index (κ3) is 15.0. The van der Waals surface area contributed by atoms with E-state index >= 15 is 0 Å². The van der Waals surface area contributed by atoms with Crippen molar-refractivity contribution < 1.29 is 63.3 Å². The second-order valence-corrected chi connectivity index (χ2v) is 15.8. The first-order chi connectivity index (χ1) is 27.3. The lowest BCUT2D eigenvalue weighted by Gasteiger charge is -2.27. The Hall–Kier alpha value is -5.66. The minimum absolute atomic E-state index is 0.0190. The highest BCUT2D eigenvalue weighted by Gasteiger charge is 2.41. The average Bonchev–Trinajstić information content (AvgIpc) is 3.56. The molecule has 7 atom stereocenters. The fourth-order valence-corrected chi connectivity index (χ4v) is 7.92. The summed E-state index contributed by atoms with van der Waals surface area (Å²) < 4.78 is 0. The molecule has 0 bridgehead atoms. The molecule has 0 radical (unpaired) electrons. The van der Waals surface area contributed by atoms with E-state index in [9.17, 15) is 63.3 Å². The number of aromatic hydroxyl groups is 1. The van der Waals surface area contributed by atoms with Gasteiger partial charge in [-0.2, -0.15) is 0 Å². The van der Waals surface area contributed by atoms with Crippen LogP contribution in [0, 0.1) is 0 Å². The molecule has 3 rings (SSSR count). The molecular formula is C33H46N10O13S2. The Kier molecular flexibility index (Phi) is 18.0. The van der Waals surface area contributed by atoms with E-state index in [0.717, 1.165) is 26.5 Å². The van der Waals surface area contributed by atoms with E-state index in [1.165, 1.54) is 12.1 Å². The number of carbonyl (C=O) groups excluding carboxylic acids is 9. The maximum atomic E-state index is 13.4. The van der Waals surface area contributed by atoms with Crippen LogP contribution < -0.4 is 49.1 Å². The second kappa shape index (κ2) is 22.3. The zero-order valence-electron chi connectivity index (χ0n) is 30.8. The van der Waals surface area contributed by atoms with Gasteiger partial charge >= 0.3 is 5.97 Å². The Morgan fingerprint density at radius 3 is 2.00 bits per heavy atom. The lowest BCUT2D eigenvalue weighted by Crippen LogP contribution is -2.58. The van der Waals surface area contributed by atoms with Crippen LogP contribution in [0.3, 0.4) is 0 Å². The molecule has 1 aromatic rings. The number of benzene rings is 1. The summed E-state index contributed by atoms with van der Waals surface area (Å²) in [6.45, 7) is -1.87. The van der Waals surface area contributed by atoms with Crippen molar-refractivity contribution in [3.05, 3.63) is 29.8 Å². The maximum Gasteiger partial charge on any atom is 0.305 e. The SMILES string of the molecule is NC(=O)C[C@@H]1NC(=O)[C@@H]2C[C@@H](O)CN2C(=O)CNC(=O)[C@H](CCc2ccc(O)cc2)NC(=O)CNC(=O)[C@@H](CC(=O)O)NC(=O)[C@H](N)CSSC[C@H](C(N)=O)NC1=O. The number of phenols is 1. The van der Waals surface area contributed by atoms with Gasteiger partial charge in [0.15, 0.2) is 0 Å². The van der Waals surface area contributed by atoms with E-state index in [1.54, 1.807) is 12.1 Å². The maximum absolute atomic E-state index is 13.4. The molecule has 2 aliphatic rings. The number of nitrogens with two attached hydrogens (primary N) is 3. The molecular weight excluding hydrogens is 809 g/mol. The molecule has 15 N–H and O–H groups in total. The predicted octanol–water partition coefficient (Wildman–Crippen LogP) is -5.98. The zero-order valence-corrected chi connectivity index (χ0v) is 32.5. The van der Waals surface area contributed by atoms with Gasteiger partial charge in [-0.25, -0.2) is 0 Å². The largest absolute Gasteiger partial charge is 0.508 e. The molecule has 0 aromatic heterocycles. The molecule has 9 amide bonds. The molecule has 318 valence electrons. The molecule has 2 fully saturated rings. The number of aliphatic carboxylic acids is 1. The summed E-state index contributed by atoms with van der Waals surface area (Å²) in [5, 5.41) is 43.2. The monoisotopic (exact) mass is 854 g/mol. The normalized spacial score (nSPS) is 26.5. The van der Waals surface area contributed by atoms with Crippen LogP contribution in [-0.2, 0) is 54.4 Å². The third-order valence-corrected chi connectivity index (χ3v) is 11.1. The number of aliphatic hydroxyl groups is 1. The minimum Gasteiger partial charge on any atom is -0.508 e. The van der Waals surface area contributed by atoms with Gasteiger partial charge in [0.1, 0.15) is 36.0 Å². The van der Waals surface area contributed by atoms with Crippen LogP contribution in [0.2, 0.25) is 0 Å². The van der Waals surface area contributed by atoms with E-state index in [-0.39, 0.29) is 43.1 Å². The summed E-state index contributed by atoms with van der Waals surface area (Å²) in [6.07, 6.45) is -3.03. The molecule has 1 aromatic carbocycles. The van der Waals surface area contributed by atoms with Crippen molar-refractivity contribution in [3.63, 3.8) is 0 Å². The Labute approximate surface area is 338 Å². The number of fused-ring (bicyclic) bond motifs is 1. The summed E-state index contributed by atoms with van der Waals surface area (Å²) in [5.41, 5.74) is 17.4. The molecule has 0 spiro atoms. The number of amides is 9. The van der Waals surface area contributed by atoms with Crippen LogP contribution in [0.1, 0.15) is 31.2 Å². The van der Waals surface area contributed by atoms with Crippen molar-refractivity contribution in [2.24, 2.45) is 17.2 Å². The Balaban J connectivity index is 1.90. The van der Waals surface area contributed by atoms with E-state index in [4.69, 9.17) is 17.2 Å². The average molecular weight is 855 g/mol. The first kappa shape index (κ1) is 46.7. The summed E-state index contributed by atoms with van der Waals surface area (Å²) >= 11 is 0. The molecule has 2 heterocycles. The fourth-order valence-electron chi connectivity index (χ4n) is 5.63. The number of nitrogens with zero attached hydrogens (tertiary/aromatic N) is 1. The second-order valence-electron chi connectivity index (χ2n) is 13.2. The van der Waals surface area contributed by atoms with Gasteiger partial charge in [-0.15, -0.1) is 0 Å². The highest BCUT2D eigenvalue weighted by atomic mass is 33.1. The lowest BCUT2D eigenvalue weighted by molar-refractivity contribution is -0.141. The third-order valence-electron chi connectivity index (χ3n) is 8.66. The van der Waals surface area contributed by atoms with Crippen LogP contribution in [-0.4, -0.2) is 153 Å². The quantitative estimate of drug-likeness (QED) is 0.108. The van der Waals surface area contributed by atoms with Crippen molar-refractivity contribution in [1.82, 2.24) is 36.8 Å². The summed E-state index contributed by atoms with van der Waals surface area (Å²) in [7, 11) is 1.88. The molecule has 0 aliphatic carbocycles. The van der Waals surface area contributed by atoms with Crippen molar-refractivity contribution in [3.8, 4) is 5.75 Å². The highest BCUT2D eigenvalue weighted by molar-refractivity contribution is 8.76. The number of carboxylic acid groups (broad SMARTS) is 1. The predicted molar refractivity (Wildman–Crippen MR) is 204 cm³/mol. The number of carbonyl (C=O) groups is 10. The number of phenolic OH excluding ortho intramolecular Hbond substituents is 1. The minimum atomic E-state index is -1.68. The number of hydrogen-bond donors (Lipinski definition) is 12. The number of aliphatic hydroxyl groups excluding tert-OH is 1. The standard InChI is InChI=1S/C33H46N10O13S2/c34-18-13-57-58-14-22(28(36)51)42-32(55)20(8-24(35)46)41-33(56)23-7-17(45)12-43(23)26(48)11-38-30(53)19(6-3-15-1-4-16(44)5-2-15)39-25(47)10-37-31(54)21(9-27(49)50)40-29(18)52/h1-2,4-5,17-23,44-45H,3,6-14,34H2,(H2,35,46)(H2,36,51)(H,37,54)(H,38,53)(H,39,47)(H,40,52)(H,41,56)(H,42,55)(H,49,50)/t17-,18-,19+,20+,21-,22-,23+/m1/s1. The Bertz CT molecular complexity index is 1740. The first-order valence-corrected chi connectivity index (χ1v) is 20.1. The van der Waals surface area contributed by atoms with E-state index in [0.29, 0.717) is 5.56 Å². The first-order valence-electron chi connectivity index (χ1n) is 17.6. The molecule has 58 heavy (non-hydrogen) atoms. The van der Waals surface area contributed by atoms with Crippen LogP contribution in [0.5, 0.6) is 5.75 Å². The van der Waals surface area contributed by atoms with Crippen molar-refractivity contribution in [2.45, 2.75) is 74.5 Å². The number of nitrogens with one attached hydrogen (secondary N) is 6. The Morgan fingerprint density at radius 1 is 0.759 bits per heavy atom.